The molecule has 56 valence electrons. The van der Waals surface area contributed by atoms with Gasteiger partial charge in [-0.3, -0.25) is 0 Å². The summed E-state index contributed by atoms with van der Waals surface area (Å²) in [6.07, 6.45) is 0. The van der Waals surface area contributed by atoms with Gasteiger partial charge in [0.2, 0.25) is 0 Å². The molecule has 0 amide bonds. The van der Waals surface area contributed by atoms with Gasteiger partial charge in [0, 0.05) is 11.7 Å². The van der Waals surface area contributed by atoms with Crippen molar-refractivity contribution < 1.29 is 0 Å². The fourth-order valence-electron chi connectivity index (χ4n) is 0.699. The molecule has 1 aromatic rings. The summed E-state index contributed by atoms with van der Waals surface area (Å²) in [6, 6.07) is 2.03. The minimum Gasteiger partial charge on any atom is -0.323 e. The topological polar surface area (TPSA) is 43.8 Å². The second kappa shape index (κ2) is 2.87. The third-order valence-electron chi connectivity index (χ3n) is 1.32. The van der Waals surface area contributed by atoms with Gasteiger partial charge in [-0.1, -0.05) is 0 Å². The third kappa shape index (κ3) is 1.49. The minimum atomic E-state index is 0.0368. The monoisotopic (exact) mass is 251 g/mol. The van der Waals surface area contributed by atoms with Crippen molar-refractivity contribution in [1.29, 1.82) is 0 Å². The Morgan fingerprint density at radius 1 is 1.80 bits per heavy atom. The summed E-state index contributed by atoms with van der Waals surface area (Å²) in [7, 11) is 0. The quantitative estimate of drug-likeness (QED) is 0.767. The van der Waals surface area contributed by atoms with Crippen molar-refractivity contribution in [2.75, 3.05) is 0 Å². The zero-order valence-electron chi connectivity index (χ0n) is 6.00. The molecule has 1 unspecified atom stereocenters. The molecule has 1 rings (SSSR count). The van der Waals surface area contributed by atoms with E-state index >= 15 is 0 Å². The zero-order valence-corrected chi connectivity index (χ0v) is 8.16. The number of nitrogens with two attached hydrogens (primary N) is 1. The van der Waals surface area contributed by atoms with Crippen LogP contribution in [0.3, 0.4) is 0 Å². The van der Waals surface area contributed by atoms with Crippen LogP contribution in [0.15, 0.2) is 6.07 Å². The van der Waals surface area contributed by atoms with E-state index in [0.29, 0.717) is 0 Å². The van der Waals surface area contributed by atoms with E-state index < -0.39 is 0 Å². The molecular formula is C6H10IN3. The van der Waals surface area contributed by atoms with Crippen LogP contribution in [-0.2, 0) is 0 Å². The Morgan fingerprint density at radius 2 is 2.40 bits per heavy atom. The second-order valence-electron chi connectivity index (χ2n) is 2.36. The molecule has 0 bridgehead atoms. The van der Waals surface area contributed by atoms with Gasteiger partial charge in [-0.2, -0.15) is 5.10 Å². The van der Waals surface area contributed by atoms with E-state index in [9.17, 15) is 0 Å². The van der Waals surface area contributed by atoms with Crippen molar-refractivity contribution in [3.05, 3.63) is 17.5 Å². The summed E-state index contributed by atoms with van der Waals surface area (Å²) in [6.45, 7) is 3.93. The molecule has 0 aliphatic rings. The molecule has 10 heavy (non-hydrogen) atoms. The van der Waals surface area contributed by atoms with Crippen LogP contribution in [0.25, 0.3) is 0 Å². The summed E-state index contributed by atoms with van der Waals surface area (Å²) in [5.74, 6) is 0. The van der Waals surface area contributed by atoms with Crippen LogP contribution in [0, 0.1) is 6.92 Å². The summed E-state index contributed by atoms with van der Waals surface area (Å²) in [5.41, 5.74) is 7.70. The smallest absolute Gasteiger partial charge is 0.0846 e. The maximum absolute atomic E-state index is 5.62. The van der Waals surface area contributed by atoms with Crippen LogP contribution < -0.4 is 5.73 Å². The Morgan fingerprint density at radius 3 is 2.60 bits per heavy atom. The van der Waals surface area contributed by atoms with Crippen molar-refractivity contribution in [3.63, 3.8) is 0 Å². The van der Waals surface area contributed by atoms with E-state index in [2.05, 4.69) is 28.0 Å². The van der Waals surface area contributed by atoms with Crippen molar-refractivity contribution in [2.24, 2.45) is 5.73 Å². The second-order valence-corrected chi connectivity index (χ2v) is 3.27. The summed E-state index contributed by atoms with van der Waals surface area (Å²) in [4.78, 5) is 0. The Kier molecular flexibility index (Phi) is 2.30. The van der Waals surface area contributed by atoms with Gasteiger partial charge in [0.05, 0.1) is 28.6 Å². The molecule has 4 heteroatoms. The molecule has 3 nitrogen and oxygen atoms in total. The van der Waals surface area contributed by atoms with E-state index in [4.69, 9.17) is 5.73 Å². The predicted octanol–water partition coefficient (Wildman–Crippen LogP) is 1.41. The number of aromatic nitrogens is 2. The molecule has 0 radical (unpaired) electrons. The average Bonchev–Trinajstić information content (AvgIpc) is 2.13. The molecule has 1 atom stereocenters. The maximum Gasteiger partial charge on any atom is 0.0846 e. The summed E-state index contributed by atoms with van der Waals surface area (Å²) < 4.78 is 1.80. The minimum absolute atomic E-state index is 0.0368. The highest BCUT2D eigenvalue weighted by molar-refractivity contribution is 14.1. The van der Waals surface area contributed by atoms with Crippen molar-refractivity contribution in [1.82, 2.24) is 7.99 Å². The Balaban J connectivity index is 2.98. The van der Waals surface area contributed by atoms with E-state index in [1.807, 2.05) is 19.9 Å². The molecule has 0 spiro atoms. The van der Waals surface area contributed by atoms with Gasteiger partial charge in [0.1, 0.15) is 0 Å². The van der Waals surface area contributed by atoms with Crippen LogP contribution in [0.4, 0.5) is 0 Å². The number of aryl methyl sites for hydroxylation is 1. The number of rotatable bonds is 1. The van der Waals surface area contributed by atoms with Gasteiger partial charge >= 0.3 is 0 Å². The molecule has 1 heterocycles. The van der Waals surface area contributed by atoms with E-state index in [0.717, 1.165) is 11.4 Å². The van der Waals surface area contributed by atoms with Crippen molar-refractivity contribution in [3.8, 4) is 0 Å². The number of nitrogens with zero attached hydrogens (tertiary/aromatic N) is 2. The Hall–Kier alpha value is -0.100. The van der Waals surface area contributed by atoms with Gasteiger partial charge in [0.15, 0.2) is 0 Å². The van der Waals surface area contributed by atoms with Gasteiger partial charge < -0.3 is 5.73 Å². The highest BCUT2D eigenvalue weighted by atomic mass is 127. The first-order chi connectivity index (χ1) is 4.61. The molecule has 0 saturated carbocycles. The normalized spacial score (nSPS) is 13.6. The van der Waals surface area contributed by atoms with Gasteiger partial charge in [-0.15, -0.1) is 0 Å². The maximum atomic E-state index is 5.62. The SMILES string of the molecule is Cc1cc(C(C)N)nn1I. The number of halogens is 1. The molecule has 1 aromatic heterocycles. The van der Waals surface area contributed by atoms with E-state index in [1.54, 1.807) is 2.90 Å². The van der Waals surface area contributed by atoms with Crippen LogP contribution in [0.1, 0.15) is 24.4 Å². The Labute approximate surface area is 74.1 Å². The number of hydrogen-bond acceptors (Lipinski definition) is 2. The third-order valence-corrected chi connectivity index (χ3v) is 2.29. The first kappa shape index (κ1) is 8.00. The first-order valence-electron chi connectivity index (χ1n) is 3.09. The highest BCUT2D eigenvalue weighted by Gasteiger charge is 2.04. The lowest BCUT2D eigenvalue weighted by Gasteiger charge is -1.95. The lowest BCUT2D eigenvalue weighted by atomic mass is 10.2. The van der Waals surface area contributed by atoms with E-state index in [1.165, 1.54) is 0 Å². The van der Waals surface area contributed by atoms with Crippen LogP contribution in [0.2, 0.25) is 0 Å². The number of hydrogen-bond donors (Lipinski definition) is 1. The first-order valence-corrected chi connectivity index (χ1v) is 4.06. The van der Waals surface area contributed by atoms with Gasteiger partial charge in [-0.05, 0) is 19.9 Å². The molecule has 0 aromatic carbocycles. The van der Waals surface area contributed by atoms with Crippen LogP contribution in [0.5, 0.6) is 0 Å². The van der Waals surface area contributed by atoms with Crippen LogP contribution in [-0.4, -0.2) is 7.99 Å². The van der Waals surface area contributed by atoms with Gasteiger partial charge in [0.25, 0.3) is 0 Å². The lowest BCUT2D eigenvalue weighted by Crippen LogP contribution is -2.05. The summed E-state index contributed by atoms with van der Waals surface area (Å²) in [5, 5.41) is 4.19. The zero-order chi connectivity index (χ0) is 7.72. The standard InChI is InChI=1S/C6H10IN3/c1-4-3-6(5(2)8)9-10(4)7/h3,5H,8H2,1-2H3. The lowest BCUT2D eigenvalue weighted by molar-refractivity contribution is 0.768. The average molecular weight is 251 g/mol. The largest absolute Gasteiger partial charge is 0.323 e. The molecule has 0 saturated heterocycles. The molecule has 0 fully saturated rings. The van der Waals surface area contributed by atoms with Crippen LogP contribution >= 0.6 is 22.9 Å². The molecule has 0 aliphatic carbocycles. The summed E-state index contributed by atoms with van der Waals surface area (Å²) >= 11 is 2.13. The molecular weight excluding hydrogens is 241 g/mol. The molecule has 0 aliphatic heterocycles. The van der Waals surface area contributed by atoms with Crippen molar-refractivity contribution in [2.45, 2.75) is 19.9 Å². The van der Waals surface area contributed by atoms with E-state index in [-0.39, 0.29) is 6.04 Å². The molecule has 2 N–H and O–H groups in total. The fraction of sp³-hybridized carbons (Fsp3) is 0.500. The fourth-order valence-corrected chi connectivity index (χ4v) is 1.09. The predicted molar refractivity (Wildman–Crippen MR) is 49.0 cm³/mol. The van der Waals surface area contributed by atoms with Crippen molar-refractivity contribution >= 4 is 22.9 Å². The van der Waals surface area contributed by atoms with Gasteiger partial charge in [-0.25, -0.2) is 2.90 Å². The highest BCUT2D eigenvalue weighted by Crippen LogP contribution is 2.11. The Bertz CT molecular complexity index is 209.